The summed E-state index contributed by atoms with van der Waals surface area (Å²) >= 11 is 0. The van der Waals surface area contributed by atoms with Gasteiger partial charge in [-0.2, -0.15) is 0 Å². The summed E-state index contributed by atoms with van der Waals surface area (Å²) in [5, 5.41) is 6.76. The lowest BCUT2D eigenvalue weighted by molar-refractivity contribution is 0.0322. The van der Waals surface area contributed by atoms with Crippen LogP contribution in [0.15, 0.2) is 29.3 Å². The molecular weight excluding hydrogens is 455 g/mol. The standard InChI is InChI=1S/C20H32N4O2.HI/c1-2-21-20(22-15-17-7-8-17)23-16-18-5-3-4-6-19(18)26-14-11-24-9-12-25-13-10-24;/h3-6,17H,2,7-16H2,1H3,(H2,21,22,23);1H. The molecule has 1 aliphatic carbocycles. The second-order valence-electron chi connectivity index (χ2n) is 6.93. The first-order valence-electron chi connectivity index (χ1n) is 9.88. The first kappa shape index (κ1) is 22.2. The summed E-state index contributed by atoms with van der Waals surface area (Å²) in [6.45, 7) is 9.87. The van der Waals surface area contributed by atoms with E-state index >= 15 is 0 Å². The number of nitrogens with zero attached hydrogens (tertiary/aromatic N) is 2. The topological polar surface area (TPSA) is 58.1 Å². The van der Waals surface area contributed by atoms with Crippen molar-refractivity contribution in [2.24, 2.45) is 10.9 Å². The van der Waals surface area contributed by atoms with Crippen LogP contribution >= 0.6 is 24.0 Å². The molecule has 0 aromatic heterocycles. The van der Waals surface area contributed by atoms with E-state index in [0.717, 1.165) is 69.1 Å². The van der Waals surface area contributed by atoms with E-state index in [-0.39, 0.29) is 24.0 Å². The minimum absolute atomic E-state index is 0. The number of nitrogens with one attached hydrogen (secondary N) is 2. The second kappa shape index (κ2) is 12.4. The molecule has 3 rings (SSSR count). The lowest BCUT2D eigenvalue weighted by Crippen LogP contribution is -2.38. The van der Waals surface area contributed by atoms with Crippen molar-refractivity contribution >= 4 is 29.9 Å². The molecule has 0 unspecified atom stereocenters. The molecule has 2 fully saturated rings. The van der Waals surface area contributed by atoms with Crippen LogP contribution in [0, 0.1) is 5.92 Å². The van der Waals surface area contributed by atoms with Gasteiger partial charge in [-0.25, -0.2) is 4.99 Å². The van der Waals surface area contributed by atoms with E-state index < -0.39 is 0 Å². The van der Waals surface area contributed by atoms with Gasteiger partial charge < -0.3 is 20.1 Å². The highest BCUT2D eigenvalue weighted by atomic mass is 127. The average molecular weight is 488 g/mol. The Hall–Kier alpha value is -1.06. The van der Waals surface area contributed by atoms with Crippen LogP contribution < -0.4 is 15.4 Å². The SMILES string of the molecule is CCNC(=NCc1ccccc1OCCN1CCOCC1)NCC1CC1.I. The molecule has 152 valence electrons. The molecule has 0 atom stereocenters. The fourth-order valence-electron chi connectivity index (χ4n) is 2.95. The summed E-state index contributed by atoms with van der Waals surface area (Å²) in [6, 6.07) is 8.20. The maximum Gasteiger partial charge on any atom is 0.191 e. The molecular formula is C20H33IN4O2. The molecule has 0 spiro atoms. The summed E-state index contributed by atoms with van der Waals surface area (Å²) in [4.78, 5) is 7.11. The predicted octanol–water partition coefficient (Wildman–Crippen LogP) is 2.48. The molecule has 1 saturated carbocycles. The Bertz CT molecular complexity index is 575. The average Bonchev–Trinajstić information content (AvgIpc) is 3.50. The third-order valence-electron chi connectivity index (χ3n) is 4.75. The number of benzene rings is 1. The molecule has 0 amide bonds. The Morgan fingerprint density at radius 3 is 2.74 bits per heavy atom. The van der Waals surface area contributed by atoms with Crippen molar-refractivity contribution in [2.75, 3.05) is 52.5 Å². The van der Waals surface area contributed by atoms with Crippen LogP contribution in [0.1, 0.15) is 25.3 Å². The van der Waals surface area contributed by atoms with Crippen LogP contribution in [0.5, 0.6) is 5.75 Å². The van der Waals surface area contributed by atoms with Crippen LogP contribution in [0.25, 0.3) is 0 Å². The monoisotopic (exact) mass is 488 g/mol. The van der Waals surface area contributed by atoms with E-state index in [0.29, 0.717) is 13.2 Å². The molecule has 6 nitrogen and oxygen atoms in total. The minimum atomic E-state index is 0. The molecule has 0 radical (unpaired) electrons. The van der Waals surface area contributed by atoms with E-state index in [2.05, 4.69) is 28.5 Å². The lowest BCUT2D eigenvalue weighted by atomic mass is 10.2. The van der Waals surface area contributed by atoms with Gasteiger partial charge in [-0.05, 0) is 31.7 Å². The van der Waals surface area contributed by atoms with Gasteiger partial charge in [0.1, 0.15) is 12.4 Å². The number of halogens is 1. The molecule has 2 aliphatic rings. The van der Waals surface area contributed by atoms with Gasteiger partial charge in [-0.15, -0.1) is 24.0 Å². The molecule has 1 aromatic rings. The number of ether oxygens (including phenoxy) is 2. The van der Waals surface area contributed by atoms with Crippen molar-refractivity contribution in [1.29, 1.82) is 0 Å². The highest BCUT2D eigenvalue weighted by molar-refractivity contribution is 14.0. The Labute approximate surface area is 180 Å². The van der Waals surface area contributed by atoms with Gasteiger partial charge in [0.2, 0.25) is 0 Å². The summed E-state index contributed by atoms with van der Waals surface area (Å²) < 4.78 is 11.4. The summed E-state index contributed by atoms with van der Waals surface area (Å²) in [7, 11) is 0. The van der Waals surface area contributed by atoms with E-state index in [4.69, 9.17) is 14.5 Å². The van der Waals surface area contributed by atoms with E-state index in [9.17, 15) is 0 Å². The summed E-state index contributed by atoms with van der Waals surface area (Å²) in [6.07, 6.45) is 2.68. The number of para-hydroxylation sites is 1. The Balaban J connectivity index is 0.00000261. The van der Waals surface area contributed by atoms with Gasteiger partial charge in [0.25, 0.3) is 0 Å². The van der Waals surface area contributed by atoms with Gasteiger partial charge in [-0.1, -0.05) is 18.2 Å². The summed E-state index contributed by atoms with van der Waals surface area (Å²) in [5.74, 6) is 2.65. The number of hydrogen-bond acceptors (Lipinski definition) is 4. The van der Waals surface area contributed by atoms with Crippen molar-refractivity contribution in [2.45, 2.75) is 26.3 Å². The number of guanidine groups is 1. The fraction of sp³-hybridized carbons (Fsp3) is 0.650. The number of hydrogen-bond donors (Lipinski definition) is 2. The van der Waals surface area contributed by atoms with Crippen LogP contribution in [-0.4, -0.2) is 63.4 Å². The van der Waals surface area contributed by atoms with Crippen LogP contribution in [0.4, 0.5) is 0 Å². The lowest BCUT2D eigenvalue weighted by Gasteiger charge is -2.26. The fourth-order valence-corrected chi connectivity index (χ4v) is 2.95. The van der Waals surface area contributed by atoms with E-state index in [1.165, 1.54) is 12.8 Å². The van der Waals surface area contributed by atoms with Gasteiger partial charge in [0, 0.05) is 38.3 Å². The Morgan fingerprint density at radius 2 is 2.00 bits per heavy atom. The van der Waals surface area contributed by atoms with E-state index in [1.54, 1.807) is 0 Å². The third-order valence-corrected chi connectivity index (χ3v) is 4.75. The van der Waals surface area contributed by atoms with Crippen LogP contribution in [0.2, 0.25) is 0 Å². The summed E-state index contributed by atoms with van der Waals surface area (Å²) in [5.41, 5.74) is 1.12. The molecule has 1 saturated heterocycles. The van der Waals surface area contributed by atoms with Crippen molar-refractivity contribution in [3.63, 3.8) is 0 Å². The number of aliphatic imine (C=N–C) groups is 1. The zero-order valence-corrected chi connectivity index (χ0v) is 18.6. The Morgan fingerprint density at radius 1 is 1.22 bits per heavy atom. The zero-order valence-electron chi connectivity index (χ0n) is 16.3. The zero-order chi connectivity index (χ0) is 18.0. The predicted molar refractivity (Wildman–Crippen MR) is 120 cm³/mol. The first-order chi connectivity index (χ1) is 12.8. The van der Waals surface area contributed by atoms with Crippen molar-refractivity contribution in [3.8, 4) is 5.75 Å². The number of rotatable bonds is 9. The van der Waals surface area contributed by atoms with Crippen LogP contribution in [-0.2, 0) is 11.3 Å². The largest absolute Gasteiger partial charge is 0.492 e. The molecule has 27 heavy (non-hydrogen) atoms. The van der Waals surface area contributed by atoms with E-state index in [1.807, 2.05) is 18.2 Å². The third kappa shape index (κ3) is 8.23. The molecule has 2 N–H and O–H groups in total. The quantitative estimate of drug-likeness (QED) is 0.318. The minimum Gasteiger partial charge on any atom is -0.492 e. The maximum atomic E-state index is 6.05. The highest BCUT2D eigenvalue weighted by Crippen LogP contribution is 2.27. The Kier molecular flexibility index (Phi) is 10.2. The maximum absolute atomic E-state index is 6.05. The smallest absolute Gasteiger partial charge is 0.191 e. The first-order valence-corrected chi connectivity index (χ1v) is 9.88. The van der Waals surface area contributed by atoms with Crippen molar-refractivity contribution in [1.82, 2.24) is 15.5 Å². The van der Waals surface area contributed by atoms with Crippen LogP contribution in [0.3, 0.4) is 0 Å². The van der Waals surface area contributed by atoms with Crippen molar-refractivity contribution < 1.29 is 9.47 Å². The number of morpholine rings is 1. The molecule has 1 aliphatic heterocycles. The van der Waals surface area contributed by atoms with Gasteiger partial charge >= 0.3 is 0 Å². The molecule has 7 heteroatoms. The molecule has 0 bridgehead atoms. The molecule has 1 heterocycles. The highest BCUT2D eigenvalue weighted by Gasteiger charge is 2.21. The van der Waals surface area contributed by atoms with Gasteiger partial charge in [0.15, 0.2) is 5.96 Å². The van der Waals surface area contributed by atoms with Gasteiger partial charge in [-0.3, -0.25) is 4.90 Å². The second-order valence-corrected chi connectivity index (χ2v) is 6.93. The van der Waals surface area contributed by atoms with Crippen molar-refractivity contribution in [3.05, 3.63) is 29.8 Å². The normalized spacial score (nSPS) is 17.9. The van der Waals surface area contributed by atoms with Gasteiger partial charge in [0.05, 0.1) is 19.8 Å². The molecule has 1 aromatic carbocycles.